The van der Waals surface area contributed by atoms with Crippen LogP contribution in [0.15, 0.2) is 12.4 Å². The van der Waals surface area contributed by atoms with E-state index < -0.39 is 0 Å². The van der Waals surface area contributed by atoms with Crippen LogP contribution >= 0.6 is 0 Å². The lowest BCUT2D eigenvalue weighted by atomic mass is 9.91. The molecule has 1 atom stereocenters. The first-order valence-electron chi connectivity index (χ1n) is 6.11. The molecule has 4 heteroatoms. The van der Waals surface area contributed by atoms with Gasteiger partial charge in [0.25, 0.3) is 0 Å². The maximum Gasteiger partial charge on any atom is 0.122 e. The fourth-order valence-electron chi connectivity index (χ4n) is 2.39. The van der Waals surface area contributed by atoms with Gasteiger partial charge in [-0.25, -0.2) is 4.98 Å². The Balaban J connectivity index is 1.84. The van der Waals surface area contributed by atoms with Gasteiger partial charge in [0.2, 0.25) is 0 Å². The minimum atomic E-state index is 0.343. The predicted molar refractivity (Wildman–Crippen MR) is 64.9 cm³/mol. The van der Waals surface area contributed by atoms with Crippen LogP contribution in [-0.4, -0.2) is 33.6 Å². The topological polar surface area (TPSA) is 47.1 Å². The second kappa shape index (κ2) is 4.97. The average Bonchev–Trinajstić information content (AvgIpc) is 2.65. The van der Waals surface area contributed by atoms with Crippen molar-refractivity contribution in [3.05, 3.63) is 18.2 Å². The molecule has 1 aromatic heterocycles. The highest BCUT2D eigenvalue weighted by molar-refractivity contribution is 4.92. The van der Waals surface area contributed by atoms with Gasteiger partial charge in [-0.1, -0.05) is 0 Å². The normalized spacial score (nSPS) is 21.2. The van der Waals surface area contributed by atoms with Crippen molar-refractivity contribution in [1.82, 2.24) is 14.5 Å². The van der Waals surface area contributed by atoms with E-state index in [0.717, 1.165) is 25.5 Å². The molecule has 0 bridgehead atoms. The third kappa shape index (κ3) is 2.62. The zero-order valence-electron chi connectivity index (χ0n) is 10.3. The standard InChI is InChI=1S/C12H22N4/c1-10(13)11-3-6-16(7-4-11)9-12-14-5-8-15(12)2/h5,8,10-11H,3-4,6-7,9,13H2,1-2H3. The van der Waals surface area contributed by atoms with Crippen LogP contribution < -0.4 is 5.73 Å². The molecule has 1 unspecified atom stereocenters. The van der Waals surface area contributed by atoms with Crippen molar-refractivity contribution in [2.45, 2.75) is 32.4 Å². The van der Waals surface area contributed by atoms with Gasteiger partial charge in [-0.05, 0) is 38.8 Å². The quantitative estimate of drug-likeness (QED) is 0.829. The first-order valence-corrected chi connectivity index (χ1v) is 6.11. The lowest BCUT2D eigenvalue weighted by Gasteiger charge is -2.33. The van der Waals surface area contributed by atoms with E-state index in [1.54, 1.807) is 0 Å². The third-order valence-electron chi connectivity index (χ3n) is 3.66. The molecule has 0 amide bonds. The number of imidazole rings is 1. The zero-order valence-corrected chi connectivity index (χ0v) is 10.3. The number of nitrogens with two attached hydrogens (primary N) is 1. The Hall–Kier alpha value is -0.870. The lowest BCUT2D eigenvalue weighted by molar-refractivity contribution is 0.161. The average molecular weight is 222 g/mol. The maximum absolute atomic E-state index is 5.94. The molecular weight excluding hydrogens is 200 g/mol. The number of rotatable bonds is 3. The Morgan fingerprint density at radius 3 is 2.69 bits per heavy atom. The van der Waals surface area contributed by atoms with E-state index in [9.17, 15) is 0 Å². The van der Waals surface area contributed by atoms with Gasteiger partial charge in [-0.15, -0.1) is 0 Å². The Morgan fingerprint density at radius 1 is 1.50 bits per heavy atom. The molecule has 0 aromatic carbocycles. The predicted octanol–water partition coefficient (Wildman–Crippen LogP) is 0.979. The van der Waals surface area contributed by atoms with Crippen LogP contribution in [0.2, 0.25) is 0 Å². The van der Waals surface area contributed by atoms with Gasteiger partial charge in [0.15, 0.2) is 0 Å². The van der Waals surface area contributed by atoms with Crippen LogP contribution in [0.3, 0.4) is 0 Å². The molecule has 0 radical (unpaired) electrons. The lowest BCUT2D eigenvalue weighted by Crippen LogP contribution is -2.39. The van der Waals surface area contributed by atoms with E-state index in [1.807, 2.05) is 12.4 Å². The largest absolute Gasteiger partial charge is 0.337 e. The molecule has 2 rings (SSSR count). The molecule has 2 heterocycles. The molecule has 1 aromatic rings. The third-order valence-corrected chi connectivity index (χ3v) is 3.66. The SMILES string of the molecule is CC(N)C1CCN(Cc2nccn2C)CC1. The second-order valence-electron chi connectivity index (χ2n) is 4.93. The highest BCUT2D eigenvalue weighted by atomic mass is 15.2. The van der Waals surface area contributed by atoms with Gasteiger partial charge in [0.1, 0.15) is 5.82 Å². The molecule has 16 heavy (non-hydrogen) atoms. The number of piperidine rings is 1. The van der Waals surface area contributed by atoms with Gasteiger partial charge in [-0.3, -0.25) is 4.90 Å². The Kier molecular flexibility index (Phi) is 3.61. The van der Waals surface area contributed by atoms with E-state index in [0.29, 0.717) is 12.0 Å². The van der Waals surface area contributed by atoms with Gasteiger partial charge in [-0.2, -0.15) is 0 Å². The molecule has 1 aliphatic heterocycles. The Labute approximate surface area is 97.4 Å². The van der Waals surface area contributed by atoms with E-state index in [2.05, 4.69) is 28.4 Å². The molecule has 1 saturated heterocycles. The first kappa shape index (κ1) is 11.6. The van der Waals surface area contributed by atoms with Crippen LogP contribution in [0.5, 0.6) is 0 Å². The van der Waals surface area contributed by atoms with E-state index in [4.69, 9.17) is 5.73 Å². The molecular formula is C12H22N4. The van der Waals surface area contributed by atoms with Crippen molar-refractivity contribution >= 4 is 0 Å². The summed E-state index contributed by atoms with van der Waals surface area (Å²) in [7, 11) is 2.05. The highest BCUT2D eigenvalue weighted by Gasteiger charge is 2.22. The van der Waals surface area contributed by atoms with Crippen molar-refractivity contribution < 1.29 is 0 Å². The fourth-order valence-corrected chi connectivity index (χ4v) is 2.39. The minimum Gasteiger partial charge on any atom is -0.337 e. The molecule has 1 aliphatic rings. The summed E-state index contributed by atoms with van der Waals surface area (Å²) in [6.45, 7) is 5.40. The van der Waals surface area contributed by atoms with Crippen molar-refractivity contribution in [1.29, 1.82) is 0 Å². The number of hydrogen-bond acceptors (Lipinski definition) is 3. The van der Waals surface area contributed by atoms with Gasteiger partial charge in [0.05, 0.1) is 6.54 Å². The summed E-state index contributed by atoms with van der Waals surface area (Å²) in [5, 5.41) is 0. The van der Waals surface area contributed by atoms with Gasteiger partial charge in [0, 0.05) is 25.5 Å². The van der Waals surface area contributed by atoms with Gasteiger partial charge >= 0.3 is 0 Å². The Bertz CT molecular complexity index is 324. The monoisotopic (exact) mass is 222 g/mol. The van der Waals surface area contributed by atoms with Crippen LogP contribution in [0.1, 0.15) is 25.6 Å². The summed E-state index contributed by atoms with van der Waals surface area (Å²) in [6.07, 6.45) is 6.32. The number of aryl methyl sites for hydroxylation is 1. The molecule has 0 saturated carbocycles. The second-order valence-corrected chi connectivity index (χ2v) is 4.93. The van der Waals surface area contributed by atoms with Crippen LogP contribution in [0, 0.1) is 5.92 Å². The number of likely N-dealkylation sites (tertiary alicyclic amines) is 1. The van der Waals surface area contributed by atoms with Crippen molar-refractivity contribution in [3.63, 3.8) is 0 Å². The summed E-state index contributed by atoms with van der Waals surface area (Å²) in [5.74, 6) is 1.86. The van der Waals surface area contributed by atoms with Crippen molar-refractivity contribution in [2.75, 3.05) is 13.1 Å². The maximum atomic E-state index is 5.94. The molecule has 90 valence electrons. The van der Waals surface area contributed by atoms with Crippen molar-refractivity contribution in [2.24, 2.45) is 18.7 Å². The fraction of sp³-hybridized carbons (Fsp3) is 0.750. The van der Waals surface area contributed by atoms with Crippen LogP contribution in [0.25, 0.3) is 0 Å². The number of aromatic nitrogens is 2. The van der Waals surface area contributed by atoms with Crippen LogP contribution in [0.4, 0.5) is 0 Å². The van der Waals surface area contributed by atoms with Gasteiger partial charge < -0.3 is 10.3 Å². The zero-order chi connectivity index (χ0) is 11.5. The molecule has 4 nitrogen and oxygen atoms in total. The molecule has 0 aliphatic carbocycles. The van der Waals surface area contributed by atoms with E-state index >= 15 is 0 Å². The minimum absolute atomic E-state index is 0.343. The highest BCUT2D eigenvalue weighted by Crippen LogP contribution is 2.20. The molecule has 0 spiro atoms. The Morgan fingerprint density at radius 2 is 2.19 bits per heavy atom. The van der Waals surface area contributed by atoms with E-state index in [-0.39, 0.29) is 0 Å². The summed E-state index contributed by atoms with van der Waals surface area (Å²) in [4.78, 5) is 6.83. The first-order chi connectivity index (χ1) is 7.66. The molecule has 1 fully saturated rings. The van der Waals surface area contributed by atoms with E-state index in [1.165, 1.54) is 12.8 Å². The smallest absolute Gasteiger partial charge is 0.122 e. The number of nitrogens with zero attached hydrogens (tertiary/aromatic N) is 3. The van der Waals surface area contributed by atoms with Crippen molar-refractivity contribution in [3.8, 4) is 0 Å². The van der Waals surface area contributed by atoms with Crippen LogP contribution in [-0.2, 0) is 13.6 Å². The summed E-state index contributed by atoms with van der Waals surface area (Å²) >= 11 is 0. The number of hydrogen-bond donors (Lipinski definition) is 1. The summed E-state index contributed by atoms with van der Waals surface area (Å²) in [5.41, 5.74) is 5.94. The summed E-state index contributed by atoms with van der Waals surface area (Å²) in [6, 6.07) is 0.343. The summed E-state index contributed by atoms with van der Waals surface area (Å²) < 4.78 is 2.09. The molecule has 2 N–H and O–H groups in total.